The van der Waals surface area contributed by atoms with Crippen molar-refractivity contribution < 1.29 is 37.3 Å². The van der Waals surface area contributed by atoms with Gasteiger partial charge in [0.05, 0.1) is 40.4 Å². The van der Waals surface area contributed by atoms with Crippen LogP contribution in [0.15, 0.2) is 97.6 Å². The highest BCUT2D eigenvalue weighted by Crippen LogP contribution is 2.34. The van der Waals surface area contributed by atoms with E-state index < -0.39 is 5.24 Å². The first-order valence-electron chi connectivity index (χ1n) is 24.4. The Morgan fingerprint density at radius 2 is 1.24 bits per heavy atom. The number of allylic oxidation sites excluding steroid dienone is 2. The Hall–Kier alpha value is -5.60. The molecule has 2 fully saturated rings. The molecule has 412 valence electrons. The molecular weight excluding hydrogens is 1120 g/mol. The average Bonchev–Trinajstić information content (AvgIpc) is 4.22. The molecule has 8 rings (SSSR count). The SMILES string of the molecule is C.C.CN(C)C/C=C/C(=O)NCCCCC(=O)N1CC[C@@H](Nc2ncc(Cl)c(-c3c[nH]c4ccccc34)n2)C1.O=C(Cl)/C=C/CBr.[Cl-].[NH3+]CCCCC(=O)N1CC[C@@H](Nc2ncc(Cl)c(-c3c[nH]c4ccccc34)n2)C1. The summed E-state index contributed by atoms with van der Waals surface area (Å²) in [6.07, 6.45) is 19.6. The van der Waals surface area contributed by atoms with Crippen molar-refractivity contribution in [3.05, 3.63) is 108 Å². The zero-order chi connectivity index (χ0) is 52.1. The standard InChI is InChI=1S/C27H34ClN7O2.C21H25ClN6O.C4H4BrClO.2CH4.ClH/c1-34(2)14-7-10-24(36)29-13-6-5-11-25(37)35-15-12-19(18-35)32-27-31-17-22(28)26(33-27)21-16-30-23-9-4-3-8-20(21)23;22-17-12-25-21(26-14-8-10-28(13-14)19(29)7-3-4-9-23)27-20(17)16-11-24-18-6-2-1-5-15(16)18;5-3-1-2-4(6)7;;;/h3-4,7-10,16-17,19,30H,5-6,11-15,18H2,1-2H3,(H,29,36)(H,31,32,33);1-2,5-6,11-12,14,24H,3-4,7-10,13,23H2,(H,25,26,27);1-2H,3H2;2*1H4;1H/b10-7+;;2-1+;;;/t19-;14-;;;;/m11..../s1. The summed E-state index contributed by atoms with van der Waals surface area (Å²) in [6.45, 7) is 4.93. The van der Waals surface area contributed by atoms with Crippen LogP contribution >= 0.6 is 50.7 Å². The van der Waals surface area contributed by atoms with Gasteiger partial charge in [-0.2, -0.15) is 0 Å². The van der Waals surface area contributed by atoms with Crippen molar-refractivity contribution in [3.63, 3.8) is 0 Å². The average molecular weight is 1190 g/mol. The number of para-hydroxylation sites is 2. The molecule has 22 heteroatoms. The predicted molar refractivity (Wildman–Crippen MR) is 309 cm³/mol. The van der Waals surface area contributed by atoms with Crippen molar-refractivity contribution in [1.29, 1.82) is 0 Å². The van der Waals surface area contributed by atoms with Gasteiger partial charge in [-0.1, -0.05) is 103 Å². The Bertz CT molecular complexity index is 2840. The van der Waals surface area contributed by atoms with Gasteiger partial charge in [-0.3, -0.25) is 19.2 Å². The molecule has 0 bridgehead atoms. The van der Waals surface area contributed by atoms with E-state index in [1.807, 2.05) is 95.8 Å². The molecule has 0 aliphatic carbocycles. The van der Waals surface area contributed by atoms with Crippen LogP contribution in [-0.2, 0) is 19.2 Å². The molecule has 4 aromatic heterocycles. The summed E-state index contributed by atoms with van der Waals surface area (Å²) < 4.78 is 0. The Morgan fingerprint density at radius 3 is 1.68 bits per heavy atom. The number of carbonyl (C=O) groups is 4. The molecule has 2 aliphatic rings. The second-order valence-electron chi connectivity index (χ2n) is 17.8. The van der Waals surface area contributed by atoms with Gasteiger partial charge in [0, 0.05) is 121 Å². The minimum Gasteiger partial charge on any atom is -1.00 e. The zero-order valence-electron chi connectivity index (χ0n) is 41.6. The van der Waals surface area contributed by atoms with E-state index in [0.717, 1.165) is 91.1 Å². The lowest BCUT2D eigenvalue weighted by Gasteiger charge is -2.17. The Balaban J connectivity index is 0.000000350. The number of halogens is 5. The fourth-order valence-electron chi connectivity index (χ4n) is 8.31. The highest BCUT2D eigenvalue weighted by Gasteiger charge is 2.28. The predicted octanol–water partition coefficient (Wildman–Crippen LogP) is 6.38. The van der Waals surface area contributed by atoms with Gasteiger partial charge in [0.2, 0.25) is 34.9 Å². The maximum Gasteiger partial charge on any atom is 0.244 e. The quantitative estimate of drug-likeness (QED) is 0.0213. The number of nitrogens with zero attached hydrogens (tertiary/aromatic N) is 7. The lowest BCUT2D eigenvalue weighted by Crippen LogP contribution is -3.00. The van der Waals surface area contributed by atoms with Gasteiger partial charge in [-0.15, -0.1) is 0 Å². The molecule has 76 heavy (non-hydrogen) atoms. The maximum atomic E-state index is 12.7. The molecule has 2 saturated heterocycles. The number of anilines is 2. The Morgan fingerprint density at radius 1 is 0.750 bits per heavy atom. The Kier molecular flexibility index (Phi) is 28.5. The van der Waals surface area contributed by atoms with Crippen molar-refractivity contribution in [1.82, 2.24) is 49.9 Å². The van der Waals surface area contributed by atoms with Gasteiger partial charge in [0.15, 0.2) is 0 Å². The van der Waals surface area contributed by atoms with Crippen molar-refractivity contribution in [2.45, 2.75) is 78.3 Å². The van der Waals surface area contributed by atoms with Crippen molar-refractivity contribution in [2.24, 2.45) is 0 Å². The summed E-state index contributed by atoms with van der Waals surface area (Å²) in [6, 6.07) is 16.3. The molecule has 2 aromatic carbocycles. The van der Waals surface area contributed by atoms with Crippen LogP contribution in [0.3, 0.4) is 0 Å². The van der Waals surface area contributed by atoms with Crippen LogP contribution in [-0.4, -0.2) is 145 Å². The lowest BCUT2D eigenvalue weighted by molar-refractivity contribution is -0.368. The summed E-state index contributed by atoms with van der Waals surface area (Å²) >= 11 is 20.8. The molecule has 0 unspecified atom stereocenters. The largest absolute Gasteiger partial charge is 1.00 e. The molecule has 0 radical (unpaired) electrons. The molecule has 17 nitrogen and oxygen atoms in total. The number of rotatable bonds is 20. The van der Waals surface area contributed by atoms with E-state index in [2.05, 4.69) is 62.5 Å². The summed E-state index contributed by atoms with van der Waals surface area (Å²) in [5, 5.41) is 13.0. The molecule has 8 N–H and O–H groups in total. The summed E-state index contributed by atoms with van der Waals surface area (Å²) in [5.74, 6) is 1.29. The number of benzene rings is 2. The second kappa shape index (κ2) is 33.5. The van der Waals surface area contributed by atoms with Crippen LogP contribution in [0.4, 0.5) is 11.9 Å². The van der Waals surface area contributed by atoms with E-state index in [1.165, 1.54) is 6.08 Å². The van der Waals surface area contributed by atoms with Gasteiger partial charge in [0.25, 0.3) is 0 Å². The van der Waals surface area contributed by atoms with E-state index in [-0.39, 0.29) is 57.1 Å². The van der Waals surface area contributed by atoms with Gasteiger partial charge in [-0.05, 0) is 82.4 Å². The number of quaternary nitrogens is 1. The summed E-state index contributed by atoms with van der Waals surface area (Å²) in [7, 11) is 3.90. The number of hydrogen-bond acceptors (Lipinski definition) is 11. The van der Waals surface area contributed by atoms with Crippen LogP contribution in [0.2, 0.25) is 10.0 Å². The maximum absolute atomic E-state index is 12.7. The van der Waals surface area contributed by atoms with Crippen molar-refractivity contribution in [3.8, 4) is 22.5 Å². The van der Waals surface area contributed by atoms with E-state index in [1.54, 1.807) is 24.5 Å². The number of carbonyl (C=O) groups excluding carboxylic acids is 4. The molecule has 6 aromatic rings. The van der Waals surface area contributed by atoms with Crippen molar-refractivity contribution >= 4 is 107 Å². The minimum absolute atomic E-state index is 0. The first-order valence-corrected chi connectivity index (χ1v) is 26.7. The number of aromatic nitrogens is 6. The van der Waals surface area contributed by atoms with Gasteiger partial charge < -0.3 is 58.8 Å². The number of likely N-dealkylation sites (tertiary alicyclic amines) is 2. The van der Waals surface area contributed by atoms with Crippen LogP contribution in [0, 0.1) is 0 Å². The number of aromatic amines is 2. The minimum atomic E-state index is -0.431. The normalized spacial score (nSPS) is 14.8. The fourth-order valence-corrected chi connectivity index (χ4v) is 8.97. The Labute approximate surface area is 476 Å². The molecule has 3 amide bonds. The van der Waals surface area contributed by atoms with E-state index in [4.69, 9.17) is 39.8 Å². The third-order valence-corrected chi connectivity index (χ3v) is 13.1. The third kappa shape index (κ3) is 19.8. The molecule has 0 spiro atoms. The molecule has 6 heterocycles. The number of hydrogen-bond donors (Lipinski definition) is 6. The van der Waals surface area contributed by atoms with Gasteiger partial charge >= 0.3 is 0 Å². The topological polar surface area (TPSA) is 225 Å². The monoisotopic (exact) mass is 1190 g/mol. The molecular formula is C54H72BrCl4N13O4. The second-order valence-corrected chi connectivity index (χ2v) is 19.6. The van der Waals surface area contributed by atoms with E-state index in [9.17, 15) is 19.2 Å². The number of amides is 3. The number of likely N-dealkylation sites (N-methyl/N-ethyl adjacent to an activating group) is 1. The van der Waals surface area contributed by atoms with E-state index >= 15 is 0 Å². The number of H-pyrrole nitrogens is 2. The highest BCUT2D eigenvalue weighted by molar-refractivity contribution is 9.09. The fraction of sp³-hybridized carbons (Fsp3) is 0.407. The first-order chi connectivity index (χ1) is 35.3. The van der Waals surface area contributed by atoms with Crippen molar-refractivity contribution in [2.75, 3.05) is 75.9 Å². The highest BCUT2D eigenvalue weighted by atomic mass is 79.9. The third-order valence-electron chi connectivity index (χ3n) is 12.0. The van der Waals surface area contributed by atoms with Crippen LogP contribution < -0.4 is 34.1 Å². The smallest absolute Gasteiger partial charge is 0.244 e. The molecule has 2 aliphatic heterocycles. The zero-order valence-corrected chi connectivity index (χ0v) is 46.2. The number of unbranched alkanes of at least 4 members (excludes halogenated alkanes) is 2. The lowest BCUT2D eigenvalue weighted by atomic mass is 10.1. The number of fused-ring (bicyclic) bond motifs is 2. The molecule has 0 saturated carbocycles. The van der Waals surface area contributed by atoms with Crippen LogP contribution in [0.5, 0.6) is 0 Å². The van der Waals surface area contributed by atoms with Gasteiger partial charge in [-0.25, -0.2) is 19.9 Å². The van der Waals surface area contributed by atoms with Crippen LogP contribution in [0.1, 0.15) is 66.2 Å². The van der Waals surface area contributed by atoms with Crippen LogP contribution in [0.25, 0.3) is 44.3 Å². The number of nitrogens with one attached hydrogen (secondary N) is 5. The number of alkyl halides is 1. The first kappa shape index (κ1) is 64.7. The summed E-state index contributed by atoms with van der Waals surface area (Å²) in [5.41, 5.74) is 9.12. The van der Waals surface area contributed by atoms with E-state index in [0.29, 0.717) is 77.7 Å². The summed E-state index contributed by atoms with van der Waals surface area (Å²) in [4.78, 5) is 77.0. The molecule has 2 atom stereocenters. The van der Waals surface area contributed by atoms with Gasteiger partial charge in [0.1, 0.15) is 0 Å².